The molecule has 0 aliphatic rings. The van der Waals surface area contributed by atoms with Crippen molar-refractivity contribution in [2.75, 3.05) is 0 Å². The fourth-order valence-electron chi connectivity index (χ4n) is 2.31. The van der Waals surface area contributed by atoms with Crippen LogP contribution in [0.2, 0.25) is 0 Å². The van der Waals surface area contributed by atoms with Crippen LogP contribution in [0.15, 0.2) is 67.4 Å². The molecule has 3 aromatic carbocycles. The molecule has 0 amide bonds. The van der Waals surface area contributed by atoms with Crippen LogP contribution in [0.25, 0.3) is 21.5 Å². The van der Waals surface area contributed by atoms with Gasteiger partial charge in [-0.25, -0.2) is 0 Å². The summed E-state index contributed by atoms with van der Waals surface area (Å²) in [6.45, 7) is 4.15. The molecule has 3 rings (SSSR count). The summed E-state index contributed by atoms with van der Waals surface area (Å²) in [6, 6.07) is 19.2. The lowest BCUT2D eigenvalue weighted by molar-refractivity contribution is 0.239. The van der Waals surface area contributed by atoms with Crippen LogP contribution in [0.5, 0.6) is 0 Å². The highest BCUT2D eigenvalue weighted by Gasteiger charge is 2.02. The Labute approximate surface area is 106 Å². The van der Waals surface area contributed by atoms with Gasteiger partial charge >= 0.3 is 0 Å². The highest BCUT2D eigenvalue weighted by Crippen LogP contribution is 2.25. The van der Waals surface area contributed by atoms with Crippen molar-refractivity contribution in [2.45, 2.75) is 6.61 Å². The fraction of sp³-hybridized carbons (Fsp3) is 0.0588. The molecule has 1 nitrogen and oxygen atoms in total. The highest BCUT2D eigenvalue weighted by atomic mass is 16.5. The molecular formula is C17H14O. The average molecular weight is 234 g/mol. The van der Waals surface area contributed by atoms with Gasteiger partial charge < -0.3 is 4.74 Å². The van der Waals surface area contributed by atoms with E-state index in [1.54, 1.807) is 0 Å². The molecule has 0 saturated carbocycles. The Hall–Kier alpha value is -2.28. The molecular weight excluding hydrogens is 220 g/mol. The van der Waals surface area contributed by atoms with Crippen LogP contribution < -0.4 is 0 Å². The first-order valence-corrected chi connectivity index (χ1v) is 6.01. The summed E-state index contributed by atoms with van der Waals surface area (Å²) in [5, 5.41) is 5.03. The van der Waals surface area contributed by atoms with Crippen LogP contribution in [0, 0.1) is 0 Å². The third-order valence-electron chi connectivity index (χ3n) is 3.19. The lowest BCUT2D eigenvalue weighted by Gasteiger charge is -2.08. The Kier molecular flexibility index (Phi) is 2.73. The fourth-order valence-corrected chi connectivity index (χ4v) is 2.31. The van der Waals surface area contributed by atoms with E-state index < -0.39 is 0 Å². The standard InChI is InChI=1S/C17H14O/c1-2-18-12-16-9-5-8-15-10-13-6-3-4-7-14(13)11-17(15)16/h2-11H,1,12H2. The van der Waals surface area contributed by atoms with Crippen LogP contribution in [0.1, 0.15) is 5.56 Å². The molecule has 0 bridgehead atoms. The van der Waals surface area contributed by atoms with E-state index in [2.05, 4.69) is 61.2 Å². The summed E-state index contributed by atoms with van der Waals surface area (Å²) in [5.74, 6) is 0. The van der Waals surface area contributed by atoms with E-state index in [4.69, 9.17) is 4.74 Å². The smallest absolute Gasteiger partial charge is 0.113 e. The van der Waals surface area contributed by atoms with Gasteiger partial charge in [0, 0.05) is 0 Å². The van der Waals surface area contributed by atoms with Crippen molar-refractivity contribution in [3.63, 3.8) is 0 Å². The number of hydrogen-bond acceptors (Lipinski definition) is 1. The maximum Gasteiger partial charge on any atom is 0.113 e. The molecule has 0 aliphatic carbocycles. The van der Waals surface area contributed by atoms with Crippen molar-refractivity contribution in [1.29, 1.82) is 0 Å². The van der Waals surface area contributed by atoms with Crippen LogP contribution in [0.4, 0.5) is 0 Å². The normalized spacial score (nSPS) is 10.7. The van der Waals surface area contributed by atoms with Gasteiger partial charge in [-0.3, -0.25) is 0 Å². The van der Waals surface area contributed by atoms with Crippen LogP contribution in [-0.2, 0) is 11.3 Å². The first-order valence-electron chi connectivity index (χ1n) is 6.01. The van der Waals surface area contributed by atoms with Gasteiger partial charge in [0.15, 0.2) is 0 Å². The Morgan fingerprint density at radius 1 is 0.889 bits per heavy atom. The zero-order valence-corrected chi connectivity index (χ0v) is 10.1. The van der Waals surface area contributed by atoms with Gasteiger partial charge in [0.1, 0.15) is 6.61 Å². The molecule has 0 aromatic heterocycles. The minimum Gasteiger partial charge on any atom is -0.497 e. The zero-order chi connectivity index (χ0) is 12.4. The van der Waals surface area contributed by atoms with Gasteiger partial charge in [0.2, 0.25) is 0 Å². The van der Waals surface area contributed by atoms with E-state index in [-0.39, 0.29) is 0 Å². The minimum atomic E-state index is 0.569. The largest absolute Gasteiger partial charge is 0.497 e. The lowest BCUT2D eigenvalue weighted by Crippen LogP contribution is -1.88. The minimum absolute atomic E-state index is 0.569. The zero-order valence-electron chi connectivity index (χ0n) is 10.1. The molecule has 0 aliphatic heterocycles. The molecule has 0 fully saturated rings. The van der Waals surface area contributed by atoms with Crippen molar-refractivity contribution in [3.05, 3.63) is 73.0 Å². The third kappa shape index (κ3) is 1.84. The van der Waals surface area contributed by atoms with Gasteiger partial charge in [-0.1, -0.05) is 49.0 Å². The molecule has 88 valence electrons. The first kappa shape index (κ1) is 10.8. The summed E-state index contributed by atoms with van der Waals surface area (Å²) in [5.41, 5.74) is 1.19. The van der Waals surface area contributed by atoms with E-state index in [1.807, 2.05) is 0 Å². The van der Waals surface area contributed by atoms with Crippen molar-refractivity contribution >= 4 is 21.5 Å². The summed E-state index contributed by atoms with van der Waals surface area (Å²) in [4.78, 5) is 0. The Morgan fingerprint density at radius 3 is 2.39 bits per heavy atom. The summed E-state index contributed by atoms with van der Waals surface area (Å²) in [6.07, 6.45) is 1.49. The molecule has 0 radical (unpaired) electrons. The molecule has 0 N–H and O–H groups in total. The van der Waals surface area contributed by atoms with Gasteiger partial charge in [0.05, 0.1) is 6.26 Å². The van der Waals surface area contributed by atoms with E-state index in [9.17, 15) is 0 Å². The maximum absolute atomic E-state index is 5.30. The van der Waals surface area contributed by atoms with Crippen molar-refractivity contribution in [2.24, 2.45) is 0 Å². The number of ether oxygens (including phenoxy) is 1. The second-order valence-corrected chi connectivity index (χ2v) is 4.32. The molecule has 0 unspecified atom stereocenters. The Bertz CT molecular complexity index is 713. The molecule has 0 saturated heterocycles. The SMILES string of the molecule is C=COCc1cccc2cc3ccccc3cc12. The van der Waals surface area contributed by atoms with Gasteiger partial charge in [0.25, 0.3) is 0 Å². The van der Waals surface area contributed by atoms with E-state index in [0.29, 0.717) is 6.61 Å². The highest BCUT2D eigenvalue weighted by molar-refractivity contribution is 5.99. The van der Waals surface area contributed by atoms with Crippen LogP contribution >= 0.6 is 0 Å². The quantitative estimate of drug-likeness (QED) is 0.473. The van der Waals surface area contributed by atoms with E-state index in [0.717, 1.165) is 0 Å². The van der Waals surface area contributed by atoms with Crippen molar-refractivity contribution in [1.82, 2.24) is 0 Å². The number of hydrogen-bond donors (Lipinski definition) is 0. The van der Waals surface area contributed by atoms with Crippen molar-refractivity contribution < 1.29 is 4.74 Å². The monoisotopic (exact) mass is 234 g/mol. The van der Waals surface area contributed by atoms with Gasteiger partial charge in [-0.15, -0.1) is 0 Å². The van der Waals surface area contributed by atoms with E-state index in [1.165, 1.54) is 33.4 Å². The summed E-state index contributed by atoms with van der Waals surface area (Å²) >= 11 is 0. The predicted molar refractivity (Wildman–Crippen MR) is 76.4 cm³/mol. The topological polar surface area (TPSA) is 9.23 Å². The summed E-state index contributed by atoms with van der Waals surface area (Å²) < 4.78 is 5.30. The molecule has 1 heteroatoms. The van der Waals surface area contributed by atoms with Gasteiger partial charge in [-0.2, -0.15) is 0 Å². The Morgan fingerprint density at radius 2 is 1.61 bits per heavy atom. The lowest BCUT2D eigenvalue weighted by atomic mass is 10.00. The van der Waals surface area contributed by atoms with Crippen LogP contribution in [0.3, 0.4) is 0 Å². The first-order chi connectivity index (χ1) is 8.88. The molecule has 0 atom stereocenters. The predicted octanol–water partition coefficient (Wildman–Crippen LogP) is 4.65. The second kappa shape index (κ2) is 4.53. The third-order valence-corrected chi connectivity index (χ3v) is 3.19. The molecule has 0 spiro atoms. The maximum atomic E-state index is 5.30. The molecule has 0 heterocycles. The molecule has 18 heavy (non-hydrogen) atoms. The number of benzene rings is 3. The number of rotatable bonds is 3. The van der Waals surface area contributed by atoms with Crippen molar-refractivity contribution in [3.8, 4) is 0 Å². The second-order valence-electron chi connectivity index (χ2n) is 4.32. The average Bonchev–Trinajstić information content (AvgIpc) is 2.43. The van der Waals surface area contributed by atoms with E-state index >= 15 is 0 Å². The van der Waals surface area contributed by atoms with Crippen LogP contribution in [-0.4, -0.2) is 0 Å². The summed E-state index contributed by atoms with van der Waals surface area (Å²) in [7, 11) is 0. The Balaban J connectivity index is 2.25. The number of fused-ring (bicyclic) bond motifs is 2. The molecule has 3 aromatic rings. The van der Waals surface area contributed by atoms with Gasteiger partial charge in [-0.05, 0) is 39.2 Å².